The Labute approximate surface area is 126 Å². The van der Waals surface area contributed by atoms with Crippen LogP contribution in [0.2, 0.25) is 0 Å². The minimum absolute atomic E-state index is 0.220. The minimum Gasteiger partial charge on any atom is -0.343 e. The topological polar surface area (TPSA) is 70.6 Å². The molecule has 112 valence electrons. The fraction of sp³-hybridized carbons (Fsp3) is 0.0625. The lowest BCUT2D eigenvalue weighted by Gasteiger charge is -2.04. The molecular formula is C16H14FN3O2. The van der Waals surface area contributed by atoms with Crippen LogP contribution in [0.3, 0.4) is 0 Å². The summed E-state index contributed by atoms with van der Waals surface area (Å²) in [6.07, 6.45) is 1.50. The summed E-state index contributed by atoms with van der Waals surface area (Å²) in [6.45, 7) is -0.220. The van der Waals surface area contributed by atoms with Gasteiger partial charge in [-0.15, -0.1) is 0 Å². The standard InChI is InChI=1S/C16H14FN3O2/c17-14-8-6-13(7-9-14)16(22)18-11-15(21)20-19-10-12-4-2-1-3-5-12/h1-10H,11H2,(H,18,22)(H,20,21)/b19-10+. The lowest BCUT2D eigenvalue weighted by molar-refractivity contribution is -0.120. The Morgan fingerprint density at radius 2 is 1.73 bits per heavy atom. The van der Waals surface area contributed by atoms with E-state index in [2.05, 4.69) is 15.8 Å². The van der Waals surface area contributed by atoms with Crippen molar-refractivity contribution >= 4 is 18.0 Å². The Morgan fingerprint density at radius 3 is 2.41 bits per heavy atom. The second-order valence-corrected chi connectivity index (χ2v) is 4.39. The summed E-state index contributed by atoms with van der Waals surface area (Å²) in [5, 5.41) is 6.20. The molecule has 0 aliphatic rings. The average Bonchev–Trinajstić information content (AvgIpc) is 2.54. The van der Waals surface area contributed by atoms with Crippen molar-refractivity contribution in [2.75, 3.05) is 6.54 Å². The number of hydrazone groups is 1. The predicted molar refractivity (Wildman–Crippen MR) is 80.9 cm³/mol. The predicted octanol–water partition coefficient (Wildman–Crippen LogP) is 1.71. The molecule has 0 radical (unpaired) electrons. The molecule has 0 unspecified atom stereocenters. The second kappa shape index (κ2) is 7.68. The fourth-order valence-electron chi connectivity index (χ4n) is 1.62. The third kappa shape index (κ3) is 4.82. The number of hydrogen-bond acceptors (Lipinski definition) is 3. The van der Waals surface area contributed by atoms with Gasteiger partial charge in [0.1, 0.15) is 5.82 Å². The molecule has 6 heteroatoms. The fourth-order valence-corrected chi connectivity index (χ4v) is 1.62. The Balaban J connectivity index is 1.77. The highest BCUT2D eigenvalue weighted by atomic mass is 19.1. The third-order valence-electron chi connectivity index (χ3n) is 2.72. The number of benzene rings is 2. The van der Waals surface area contributed by atoms with Crippen LogP contribution in [0.4, 0.5) is 4.39 Å². The van der Waals surface area contributed by atoms with E-state index in [1.165, 1.54) is 30.5 Å². The molecule has 0 aliphatic heterocycles. The zero-order valence-corrected chi connectivity index (χ0v) is 11.6. The van der Waals surface area contributed by atoms with E-state index in [-0.39, 0.29) is 12.1 Å². The van der Waals surface area contributed by atoms with Gasteiger partial charge in [-0.3, -0.25) is 9.59 Å². The van der Waals surface area contributed by atoms with Gasteiger partial charge in [-0.25, -0.2) is 9.82 Å². The van der Waals surface area contributed by atoms with E-state index in [0.717, 1.165) is 5.56 Å². The molecule has 0 fully saturated rings. The molecule has 2 rings (SSSR count). The Bertz CT molecular complexity index is 670. The van der Waals surface area contributed by atoms with Gasteiger partial charge < -0.3 is 5.32 Å². The molecule has 0 atom stereocenters. The number of nitrogens with zero attached hydrogens (tertiary/aromatic N) is 1. The lowest BCUT2D eigenvalue weighted by Crippen LogP contribution is -2.34. The minimum atomic E-state index is -0.456. The van der Waals surface area contributed by atoms with E-state index in [0.29, 0.717) is 0 Å². The maximum atomic E-state index is 12.7. The first-order chi connectivity index (χ1) is 10.6. The van der Waals surface area contributed by atoms with E-state index in [9.17, 15) is 14.0 Å². The number of carbonyl (C=O) groups is 2. The van der Waals surface area contributed by atoms with E-state index in [1.54, 1.807) is 0 Å². The van der Waals surface area contributed by atoms with Crippen LogP contribution < -0.4 is 10.7 Å². The molecular weight excluding hydrogens is 285 g/mol. The molecule has 0 aliphatic carbocycles. The smallest absolute Gasteiger partial charge is 0.259 e. The van der Waals surface area contributed by atoms with Crippen molar-refractivity contribution < 1.29 is 14.0 Å². The number of hydrogen-bond donors (Lipinski definition) is 2. The second-order valence-electron chi connectivity index (χ2n) is 4.39. The number of rotatable bonds is 5. The maximum Gasteiger partial charge on any atom is 0.259 e. The largest absolute Gasteiger partial charge is 0.343 e. The summed E-state index contributed by atoms with van der Waals surface area (Å²) < 4.78 is 12.7. The number of halogens is 1. The van der Waals surface area contributed by atoms with Crippen LogP contribution in [-0.2, 0) is 4.79 Å². The molecule has 22 heavy (non-hydrogen) atoms. The zero-order chi connectivity index (χ0) is 15.8. The molecule has 2 N–H and O–H groups in total. The van der Waals surface area contributed by atoms with Crippen molar-refractivity contribution in [1.29, 1.82) is 0 Å². The van der Waals surface area contributed by atoms with Gasteiger partial charge >= 0.3 is 0 Å². The van der Waals surface area contributed by atoms with Gasteiger partial charge in [-0.05, 0) is 29.8 Å². The van der Waals surface area contributed by atoms with E-state index < -0.39 is 17.6 Å². The zero-order valence-electron chi connectivity index (χ0n) is 11.6. The monoisotopic (exact) mass is 299 g/mol. The van der Waals surface area contributed by atoms with Gasteiger partial charge in [-0.2, -0.15) is 5.10 Å². The van der Waals surface area contributed by atoms with Crippen LogP contribution in [-0.4, -0.2) is 24.6 Å². The molecule has 2 aromatic rings. The van der Waals surface area contributed by atoms with Crippen LogP contribution >= 0.6 is 0 Å². The van der Waals surface area contributed by atoms with Gasteiger partial charge in [0.25, 0.3) is 11.8 Å². The first kappa shape index (κ1) is 15.4. The number of carbonyl (C=O) groups excluding carboxylic acids is 2. The first-order valence-corrected chi connectivity index (χ1v) is 6.56. The van der Waals surface area contributed by atoms with E-state index in [4.69, 9.17) is 0 Å². The van der Waals surface area contributed by atoms with Crippen molar-refractivity contribution in [2.24, 2.45) is 5.10 Å². The summed E-state index contributed by atoms with van der Waals surface area (Å²) >= 11 is 0. The van der Waals surface area contributed by atoms with Crippen molar-refractivity contribution in [3.05, 3.63) is 71.5 Å². The molecule has 0 heterocycles. The number of amides is 2. The normalized spacial score (nSPS) is 10.4. The molecule has 5 nitrogen and oxygen atoms in total. The summed E-state index contributed by atoms with van der Waals surface area (Å²) in [5.74, 6) is -1.34. The molecule has 0 saturated carbocycles. The summed E-state index contributed by atoms with van der Waals surface area (Å²) in [6, 6.07) is 14.3. The summed E-state index contributed by atoms with van der Waals surface area (Å²) in [4.78, 5) is 23.2. The molecule has 0 spiro atoms. The van der Waals surface area contributed by atoms with Crippen LogP contribution in [0.5, 0.6) is 0 Å². The SMILES string of the molecule is O=C(CNC(=O)c1ccc(F)cc1)N/N=C/c1ccccc1. The lowest BCUT2D eigenvalue weighted by atomic mass is 10.2. The van der Waals surface area contributed by atoms with E-state index >= 15 is 0 Å². The van der Waals surface area contributed by atoms with Crippen molar-refractivity contribution in [3.8, 4) is 0 Å². The highest BCUT2D eigenvalue weighted by Gasteiger charge is 2.07. The van der Waals surface area contributed by atoms with Crippen LogP contribution in [0, 0.1) is 5.82 Å². The van der Waals surface area contributed by atoms with Crippen LogP contribution in [0.1, 0.15) is 15.9 Å². The van der Waals surface area contributed by atoms with Gasteiger partial charge in [0.15, 0.2) is 0 Å². The van der Waals surface area contributed by atoms with Crippen molar-refractivity contribution in [1.82, 2.24) is 10.7 Å². The first-order valence-electron chi connectivity index (χ1n) is 6.56. The molecule has 2 aromatic carbocycles. The van der Waals surface area contributed by atoms with Crippen molar-refractivity contribution in [3.63, 3.8) is 0 Å². The Morgan fingerprint density at radius 1 is 1.05 bits per heavy atom. The maximum absolute atomic E-state index is 12.7. The van der Waals surface area contributed by atoms with E-state index in [1.807, 2.05) is 30.3 Å². The average molecular weight is 299 g/mol. The molecule has 0 saturated heterocycles. The Hall–Kier alpha value is -3.02. The third-order valence-corrected chi connectivity index (χ3v) is 2.72. The summed E-state index contributed by atoms with van der Waals surface area (Å²) in [5.41, 5.74) is 3.43. The Kier molecular flexibility index (Phi) is 5.37. The highest BCUT2D eigenvalue weighted by molar-refractivity contribution is 5.96. The van der Waals surface area contributed by atoms with Crippen molar-refractivity contribution in [2.45, 2.75) is 0 Å². The number of nitrogens with one attached hydrogen (secondary N) is 2. The van der Waals surface area contributed by atoms with Gasteiger partial charge in [0.2, 0.25) is 0 Å². The van der Waals surface area contributed by atoms with Crippen LogP contribution in [0.15, 0.2) is 59.7 Å². The van der Waals surface area contributed by atoms with Crippen LogP contribution in [0.25, 0.3) is 0 Å². The molecule has 0 aromatic heterocycles. The summed E-state index contributed by atoms with van der Waals surface area (Å²) in [7, 11) is 0. The van der Waals surface area contributed by atoms with Gasteiger partial charge in [0, 0.05) is 5.56 Å². The van der Waals surface area contributed by atoms with Gasteiger partial charge in [-0.1, -0.05) is 30.3 Å². The quantitative estimate of drug-likeness (QED) is 0.652. The van der Waals surface area contributed by atoms with Gasteiger partial charge in [0.05, 0.1) is 12.8 Å². The highest BCUT2D eigenvalue weighted by Crippen LogP contribution is 2.02. The molecule has 2 amide bonds. The molecule has 0 bridgehead atoms.